The van der Waals surface area contributed by atoms with Crippen LogP contribution in [0.5, 0.6) is 0 Å². The summed E-state index contributed by atoms with van der Waals surface area (Å²) in [4.78, 5) is 4.13. The van der Waals surface area contributed by atoms with Gasteiger partial charge < -0.3 is 9.80 Å². The summed E-state index contributed by atoms with van der Waals surface area (Å²) < 4.78 is 5.79. The van der Waals surface area contributed by atoms with Gasteiger partial charge in [-0.1, -0.05) is 12.1 Å². The maximum absolute atomic E-state index is 4.59. The lowest BCUT2D eigenvalue weighted by molar-refractivity contribution is 0.400. The van der Waals surface area contributed by atoms with E-state index in [0.717, 1.165) is 25.3 Å². The number of benzene rings is 1. The van der Waals surface area contributed by atoms with E-state index in [9.17, 15) is 0 Å². The van der Waals surface area contributed by atoms with Gasteiger partial charge in [0.1, 0.15) is 6.34 Å². The van der Waals surface area contributed by atoms with Gasteiger partial charge >= 0.3 is 0 Å². The highest BCUT2D eigenvalue weighted by molar-refractivity contribution is 7.13. The van der Waals surface area contributed by atoms with Crippen molar-refractivity contribution in [1.29, 1.82) is 0 Å². The summed E-state index contributed by atoms with van der Waals surface area (Å²) in [7, 11) is 8.12. The van der Waals surface area contributed by atoms with Gasteiger partial charge in [0.05, 0.1) is 4.70 Å². The Morgan fingerprint density at radius 3 is 2.62 bits per heavy atom. The smallest absolute Gasteiger partial charge is 0.170 e. The maximum Gasteiger partial charge on any atom is 0.170 e. The summed E-state index contributed by atoms with van der Waals surface area (Å²) in [5.41, 5.74) is 0. The molecule has 0 N–H and O–H groups in total. The molecule has 0 bridgehead atoms. The third kappa shape index (κ3) is 4.41. The second kappa shape index (κ2) is 7.38. The number of hydrazone groups is 1. The van der Waals surface area contributed by atoms with Crippen molar-refractivity contribution in [2.45, 2.75) is 6.42 Å². The molecular weight excluding hydrogens is 282 g/mol. The number of nitrogens with zero attached hydrogens (tertiary/aromatic N) is 5. The lowest BCUT2D eigenvalue weighted by Crippen LogP contribution is -2.24. The van der Waals surface area contributed by atoms with Gasteiger partial charge in [0, 0.05) is 26.0 Å². The van der Waals surface area contributed by atoms with Gasteiger partial charge in [-0.15, -0.1) is 0 Å². The van der Waals surface area contributed by atoms with Crippen LogP contribution in [-0.4, -0.2) is 61.8 Å². The van der Waals surface area contributed by atoms with Crippen LogP contribution >= 0.6 is 11.5 Å². The number of anilines is 1. The van der Waals surface area contributed by atoms with Gasteiger partial charge in [0.15, 0.2) is 5.82 Å². The highest BCUT2D eigenvalue weighted by Crippen LogP contribution is 2.29. The topological polar surface area (TPSA) is 35.0 Å². The van der Waals surface area contributed by atoms with Crippen LogP contribution in [0.4, 0.5) is 5.82 Å². The lowest BCUT2D eigenvalue weighted by atomic mass is 10.2. The Labute approximate surface area is 130 Å². The third-order valence-electron chi connectivity index (χ3n) is 3.00. The van der Waals surface area contributed by atoms with E-state index in [0.29, 0.717) is 0 Å². The lowest BCUT2D eigenvalue weighted by Gasteiger charge is -2.19. The normalized spacial score (nSPS) is 11.7. The van der Waals surface area contributed by atoms with Crippen LogP contribution in [0.3, 0.4) is 0 Å². The SMILES string of the molecule is CN(C)/C=N/N(CCCN(C)C)c1nsc2ccccc12. The molecule has 1 aromatic heterocycles. The van der Waals surface area contributed by atoms with Crippen molar-refractivity contribution in [3.63, 3.8) is 0 Å². The number of rotatable bonds is 7. The zero-order valence-electron chi connectivity index (χ0n) is 13.2. The second-order valence-corrected chi connectivity index (χ2v) is 6.28. The molecule has 1 heterocycles. The number of hydrogen-bond donors (Lipinski definition) is 0. The van der Waals surface area contributed by atoms with E-state index in [1.807, 2.05) is 42.5 Å². The summed E-state index contributed by atoms with van der Waals surface area (Å²) in [5, 5.41) is 7.74. The largest absolute Gasteiger partial charge is 0.367 e. The average molecular weight is 305 g/mol. The van der Waals surface area contributed by atoms with Gasteiger partial charge in [0.2, 0.25) is 0 Å². The predicted molar refractivity (Wildman–Crippen MR) is 92.3 cm³/mol. The molecule has 0 fully saturated rings. The quantitative estimate of drug-likeness (QED) is 0.447. The third-order valence-corrected chi connectivity index (χ3v) is 3.82. The van der Waals surface area contributed by atoms with Crippen LogP contribution < -0.4 is 5.01 Å². The molecule has 0 atom stereocenters. The molecule has 0 radical (unpaired) electrons. The first-order valence-electron chi connectivity index (χ1n) is 7.05. The highest BCUT2D eigenvalue weighted by atomic mass is 32.1. The minimum absolute atomic E-state index is 0.857. The molecule has 0 amide bonds. The van der Waals surface area contributed by atoms with Crippen molar-refractivity contribution in [2.24, 2.45) is 5.10 Å². The first-order valence-corrected chi connectivity index (χ1v) is 7.82. The first-order chi connectivity index (χ1) is 10.1. The molecule has 0 saturated heterocycles. The Hall–Kier alpha value is -1.66. The van der Waals surface area contributed by atoms with E-state index >= 15 is 0 Å². The first kappa shape index (κ1) is 15.7. The van der Waals surface area contributed by atoms with Crippen molar-refractivity contribution in [2.75, 3.05) is 46.3 Å². The van der Waals surface area contributed by atoms with E-state index in [4.69, 9.17) is 0 Å². The minimum atomic E-state index is 0.857. The molecule has 0 spiro atoms. The van der Waals surface area contributed by atoms with E-state index in [1.54, 1.807) is 0 Å². The van der Waals surface area contributed by atoms with Crippen molar-refractivity contribution in [1.82, 2.24) is 14.2 Å². The maximum atomic E-state index is 4.59. The summed E-state index contributed by atoms with van der Waals surface area (Å²) in [6, 6.07) is 8.31. The molecule has 2 aromatic rings. The molecule has 5 nitrogen and oxygen atoms in total. The molecule has 6 heteroatoms. The van der Waals surface area contributed by atoms with Crippen LogP contribution in [0.15, 0.2) is 29.4 Å². The van der Waals surface area contributed by atoms with Gasteiger partial charge in [-0.3, -0.25) is 0 Å². The molecule has 0 unspecified atom stereocenters. The fourth-order valence-corrected chi connectivity index (χ4v) is 2.75. The van der Waals surface area contributed by atoms with Gasteiger partial charge in [-0.05, 0) is 50.7 Å². The van der Waals surface area contributed by atoms with Crippen molar-refractivity contribution < 1.29 is 0 Å². The van der Waals surface area contributed by atoms with Crippen molar-refractivity contribution in [3.05, 3.63) is 24.3 Å². The molecule has 1 aromatic carbocycles. The van der Waals surface area contributed by atoms with E-state index in [1.165, 1.54) is 21.6 Å². The standard InChI is InChI=1S/C15H23N5S/c1-18(2)10-7-11-20(16-12-19(3)4)15-13-8-5-6-9-14(13)21-17-15/h5-6,8-9,12H,7,10-11H2,1-4H3/b16-12+. The highest BCUT2D eigenvalue weighted by Gasteiger charge is 2.13. The molecule has 0 aliphatic heterocycles. The van der Waals surface area contributed by atoms with E-state index < -0.39 is 0 Å². The van der Waals surface area contributed by atoms with Crippen molar-refractivity contribution in [3.8, 4) is 0 Å². The zero-order chi connectivity index (χ0) is 15.2. The van der Waals surface area contributed by atoms with Crippen molar-refractivity contribution >= 4 is 33.8 Å². The molecule has 114 valence electrons. The fraction of sp³-hybridized carbons (Fsp3) is 0.467. The van der Waals surface area contributed by atoms with Gasteiger partial charge in [0.25, 0.3) is 0 Å². The van der Waals surface area contributed by atoms with Gasteiger partial charge in [-0.2, -0.15) is 9.47 Å². The Kier molecular flexibility index (Phi) is 5.52. The Bertz CT molecular complexity index is 591. The van der Waals surface area contributed by atoms with Crippen LogP contribution in [0, 0.1) is 0 Å². The van der Waals surface area contributed by atoms with Crippen LogP contribution in [-0.2, 0) is 0 Å². The summed E-state index contributed by atoms with van der Waals surface area (Å²) in [6.07, 6.45) is 2.87. The number of fused-ring (bicyclic) bond motifs is 1. The predicted octanol–water partition coefficient (Wildman–Crippen LogP) is 2.56. The summed E-state index contributed by atoms with van der Waals surface area (Å²) in [5.74, 6) is 0.951. The molecule has 21 heavy (non-hydrogen) atoms. The Morgan fingerprint density at radius 2 is 1.90 bits per heavy atom. The minimum Gasteiger partial charge on any atom is -0.367 e. The Balaban J connectivity index is 2.21. The van der Waals surface area contributed by atoms with E-state index in [2.05, 4.69) is 40.6 Å². The number of aromatic nitrogens is 1. The second-order valence-electron chi connectivity index (χ2n) is 5.48. The average Bonchev–Trinajstić information content (AvgIpc) is 2.86. The van der Waals surface area contributed by atoms with Crippen LogP contribution in [0.1, 0.15) is 6.42 Å². The molecule has 2 rings (SSSR count). The summed E-state index contributed by atoms with van der Waals surface area (Å²) >= 11 is 1.53. The van der Waals surface area contributed by atoms with E-state index in [-0.39, 0.29) is 0 Å². The monoisotopic (exact) mass is 305 g/mol. The Morgan fingerprint density at radius 1 is 1.14 bits per heavy atom. The van der Waals surface area contributed by atoms with Gasteiger partial charge in [-0.25, -0.2) is 5.01 Å². The van der Waals surface area contributed by atoms with Crippen LogP contribution in [0.2, 0.25) is 0 Å². The van der Waals surface area contributed by atoms with Crippen LogP contribution in [0.25, 0.3) is 10.1 Å². The molecular formula is C15H23N5S. The molecule has 0 saturated carbocycles. The summed E-state index contributed by atoms with van der Waals surface area (Å²) in [6.45, 7) is 1.90. The number of hydrogen-bond acceptors (Lipinski definition) is 5. The molecule has 0 aliphatic rings. The fourth-order valence-electron chi connectivity index (χ4n) is 1.98. The zero-order valence-corrected chi connectivity index (χ0v) is 14.0. The molecule has 0 aliphatic carbocycles.